The molecule has 0 radical (unpaired) electrons. The van der Waals surface area contributed by atoms with Crippen molar-refractivity contribution in [1.82, 2.24) is 19.9 Å². The maximum atomic E-state index is 13.2. The number of piperazine rings is 1. The van der Waals surface area contributed by atoms with Gasteiger partial charge in [-0.15, -0.1) is 0 Å². The first-order valence-corrected chi connectivity index (χ1v) is 8.83. The number of rotatable bonds is 4. The van der Waals surface area contributed by atoms with Crippen molar-refractivity contribution in [3.05, 3.63) is 47.1 Å². The van der Waals surface area contributed by atoms with Gasteiger partial charge in [0.2, 0.25) is 5.89 Å². The average Bonchev–Trinajstić information content (AvgIpc) is 3.15. The van der Waals surface area contributed by atoms with Gasteiger partial charge < -0.3 is 9.42 Å². The van der Waals surface area contributed by atoms with Crippen LogP contribution < -0.4 is 0 Å². The van der Waals surface area contributed by atoms with Crippen LogP contribution in [0.4, 0.5) is 13.2 Å². The minimum Gasteiger partial charge on any atom is -0.338 e. The van der Waals surface area contributed by atoms with E-state index >= 15 is 0 Å². The summed E-state index contributed by atoms with van der Waals surface area (Å²) in [6.07, 6.45) is -3.88. The van der Waals surface area contributed by atoms with Crippen LogP contribution in [-0.2, 0) is 12.6 Å². The van der Waals surface area contributed by atoms with E-state index in [-0.39, 0.29) is 11.6 Å². The Morgan fingerprint density at radius 1 is 1.22 bits per heavy atom. The maximum Gasteiger partial charge on any atom is 0.417 e. The number of carbonyl (C=O) groups excluding carboxylic acids is 1. The van der Waals surface area contributed by atoms with Crippen LogP contribution in [0.1, 0.15) is 47.5 Å². The Balaban J connectivity index is 1.66. The van der Waals surface area contributed by atoms with Gasteiger partial charge in [0.1, 0.15) is 0 Å². The summed E-state index contributed by atoms with van der Waals surface area (Å²) in [5.41, 5.74) is -1.21. The zero-order valence-electron chi connectivity index (χ0n) is 15.2. The smallest absolute Gasteiger partial charge is 0.338 e. The minimum absolute atomic E-state index is 0.113. The third-order valence-corrected chi connectivity index (χ3v) is 4.77. The molecule has 1 fully saturated rings. The van der Waals surface area contributed by atoms with Gasteiger partial charge in [-0.2, -0.15) is 18.2 Å². The van der Waals surface area contributed by atoms with E-state index in [1.54, 1.807) is 0 Å². The predicted molar refractivity (Wildman–Crippen MR) is 91.0 cm³/mol. The highest BCUT2D eigenvalue weighted by atomic mass is 19.4. The van der Waals surface area contributed by atoms with E-state index in [0.717, 1.165) is 6.07 Å². The van der Waals surface area contributed by atoms with Crippen LogP contribution in [0.25, 0.3) is 0 Å². The fraction of sp³-hybridized carbons (Fsp3) is 0.500. The molecule has 3 rings (SSSR count). The number of halogens is 3. The summed E-state index contributed by atoms with van der Waals surface area (Å²) in [6.45, 7) is 5.58. The van der Waals surface area contributed by atoms with E-state index in [1.807, 2.05) is 13.8 Å². The van der Waals surface area contributed by atoms with Gasteiger partial charge in [-0.05, 0) is 19.1 Å². The summed E-state index contributed by atoms with van der Waals surface area (Å²) in [6, 6.07) is 4.78. The Morgan fingerprint density at radius 2 is 1.89 bits per heavy atom. The fourth-order valence-electron chi connectivity index (χ4n) is 3.14. The van der Waals surface area contributed by atoms with Gasteiger partial charge in [-0.25, -0.2) is 0 Å². The molecule has 0 N–H and O–H groups in total. The monoisotopic (exact) mass is 382 g/mol. The minimum atomic E-state index is -4.56. The number of aryl methyl sites for hydroxylation is 1. The van der Waals surface area contributed by atoms with Crippen LogP contribution in [0.3, 0.4) is 0 Å². The molecule has 27 heavy (non-hydrogen) atoms. The van der Waals surface area contributed by atoms with E-state index in [2.05, 4.69) is 15.0 Å². The summed E-state index contributed by atoms with van der Waals surface area (Å²) in [5.74, 6) is 0.546. The van der Waals surface area contributed by atoms with Crippen molar-refractivity contribution in [3.63, 3.8) is 0 Å². The highest BCUT2D eigenvalue weighted by molar-refractivity contribution is 5.96. The number of hydrogen-bond donors (Lipinski definition) is 0. The lowest BCUT2D eigenvalue weighted by Gasteiger charge is -2.37. The second-order valence-corrected chi connectivity index (χ2v) is 6.45. The molecule has 1 saturated heterocycles. The van der Waals surface area contributed by atoms with Crippen LogP contribution in [0, 0.1) is 0 Å². The third-order valence-electron chi connectivity index (χ3n) is 4.77. The van der Waals surface area contributed by atoms with Gasteiger partial charge in [-0.3, -0.25) is 9.69 Å². The summed E-state index contributed by atoms with van der Waals surface area (Å²) in [4.78, 5) is 20.5. The number of alkyl halides is 3. The van der Waals surface area contributed by atoms with Crippen molar-refractivity contribution in [3.8, 4) is 0 Å². The normalized spacial score (nSPS) is 17.1. The molecule has 1 aliphatic heterocycles. The molecule has 1 aliphatic rings. The van der Waals surface area contributed by atoms with Gasteiger partial charge >= 0.3 is 6.18 Å². The Hall–Kier alpha value is -2.42. The number of nitrogens with zero attached hydrogens (tertiary/aromatic N) is 4. The standard InChI is InChI=1S/C18H21F3N4O2/c1-3-15-22-16(27-23-15)12(2)24-8-10-25(11-9-24)17(26)13-6-4-5-7-14(13)18(19,20)21/h4-7,12H,3,8-11H2,1-2H3. The van der Waals surface area contributed by atoms with Gasteiger partial charge in [0.05, 0.1) is 17.2 Å². The molecule has 6 nitrogen and oxygen atoms in total. The number of amides is 1. The quantitative estimate of drug-likeness (QED) is 0.813. The molecule has 0 aliphatic carbocycles. The summed E-state index contributed by atoms with van der Waals surface area (Å²) >= 11 is 0. The third kappa shape index (κ3) is 4.13. The first-order valence-electron chi connectivity index (χ1n) is 8.83. The maximum absolute atomic E-state index is 13.2. The lowest BCUT2D eigenvalue weighted by atomic mass is 10.1. The fourth-order valence-corrected chi connectivity index (χ4v) is 3.14. The predicted octanol–water partition coefficient (Wildman–Crippen LogP) is 3.17. The van der Waals surface area contributed by atoms with E-state index in [1.165, 1.54) is 23.1 Å². The number of carbonyl (C=O) groups is 1. The Morgan fingerprint density at radius 3 is 2.48 bits per heavy atom. The Bertz CT molecular complexity index is 798. The van der Waals surface area contributed by atoms with Gasteiger partial charge in [0, 0.05) is 32.6 Å². The van der Waals surface area contributed by atoms with Crippen LogP contribution in [0.2, 0.25) is 0 Å². The molecular weight excluding hydrogens is 361 g/mol. The molecule has 1 unspecified atom stereocenters. The van der Waals surface area contributed by atoms with Gasteiger partial charge in [-0.1, -0.05) is 24.2 Å². The van der Waals surface area contributed by atoms with Crippen molar-refractivity contribution < 1.29 is 22.5 Å². The highest BCUT2D eigenvalue weighted by Crippen LogP contribution is 2.32. The van der Waals surface area contributed by atoms with Crippen molar-refractivity contribution in [1.29, 1.82) is 0 Å². The largest absolute Gasteiger partial charge is 0.417 e. The Kier molecular flexibility index (Phi) is 5.50. The van der Waals surface area contributed by atoms with Crippen molar-refractivity contribution in [2.45, 2.75) is 32.5 Å². The van der Waals surface area contributed by atoms with E-state index < -0.39 is 17.6 Å². The molecule has 1 aromatic carbocycles. The van der Waals surface area contributed by atoms with E-state index in [0.29, 0.717) is 44.3 Å². The molecule has 2 aromatic rings. The molecule has 0 bridgehead atoms. The zero-order valence-corrected chi connectivity index (χ0v) is 15.2. The molecule has 0 saturated carbocycles. The molecule has 0 spiro atoms. The molecule has 1 amide bonds. The number of aromatic nitrogens is 2. The Labute approximate surface area is 154 Å². The van der Waals surface area contributed by atoms with Gasteiger partial charge in [0.25, 0.3) is 5.91 Å². The lowest BCUT2D eigenvalue weighted by Crippen LogP contribution is -2.49. The molecule has 1 atom stereocenters. The van der Waals surface area contributed by atoms with E-state index in [9.17, 15) is 18.0 Å². The summed E-state index contributed by atoms with van der Waals surface area (Å²) in [5, 5.41) is 3.88. The summed E-state index contributed by atoms with van der Waals surface area (Å²) < 4.78 is 44.7. The van der Waals surface area contributed by atoms with Crippen LogP contribution in [-0.4, -0.2) is 52.0 Å². The first-order chi connectivity index (χ1) is 12.8. The van der Waals surface area contributed by atoms with Crippen LogP contribution in [0.15, 0.2) is 28.8 Å². The second kappa shape index (κ2) is 7.67. The molecule has 1 aromatic heterocycles. The van der Waals surface area contributed by atoms with Crippen molar-refractivity contribution in [2.75, 3.05) is 26.2 Å². The van der Waals surface area contributed by atoms with Crippen LogP contribution in [0.5, 0.6) is 0 Å². The number of benzene rings is 1. The lowest BCUT2D eigenvalue weighted by molar-refractivity contribution is -0.138. The van der Waals surface area contributed by atoms with Gasteiger partial charge in [0.15, 0.2) is 5.82 Å². The van der Waals surface area contributed by atoms with Crippen molar-refractivity contribution >= 4 is 5.91 Å². The van der Waals surface area contributed by atoms with E-state index in [4.69, 9.17) is 4.52 Å². The number of hydrogen-bond acceptors (Lipinski definition) is 5. The highest BCUT2D eigenvalue weighted by Gasteiger charge is 2.36. The zero-order chi connectivity index (χ0) is 19.6. The first kappa shape index (κ1) is 19.3. The van der Waals surface area contributed by atoms with Crippen molar-refractivity contribution in [2.24, 2.45) is 0 Å². The molecular formula is C18H21F3N4O2. The molecule has 146 valence electrons. The SMILES string of the molecule is CCc1noc(C(C)N2CCN(C(=O)c3ccccc3C(F)(F)F)CC2)n1. The molecule has 9 heteroatoms. The van der Waals surface area contributed by atoms with Crippen LogP contribution >= 0.6 is 0 Å². The summed E-state index contributed by atoms with van der Waals surface area (Å²) in [7, 11) is 0. The molecule has 2 heterocycles. The second-order valence-electron chi connectivity index (χ2n) is 6.45. The average molecular weight is 382 g/mol. The topological polar surface area (TPSA) is 62.5 Å².